The summed E-state index contributed by atoms with van der Waals surface area (Å²) in [5.74, 6) is 1.50. The third kappa shape index (κ3) is 3.28. The Morgan fingerprint density at radius 1 is 1.22 bits per heavy atom. The van der Waals surface area contributed by atoms with E-state index < -0.39 is 0 Å². The molecule has 2 saturated heterocycles. The van der Waals surface area contributed by atoms with Gasteiger partial charge < -0.3 is 15.0 Å². The summed E-state index contributed by atoms with van der Waals surface area (Å²) in [7, 11) is 0. The van der Waals surface area contributed by atoms with Crippen LogP contribution in [-0.4, -0.2) is 57.2 Å². The van der Waals surface area contributed by atoms with Gasteiger partial charge in [-0.2, -0.15) is 0 Å². The maximum Gasteiger partial charge on any atom is 0.156 e. The van der Waals surface area contributed by atoms with Crippen molar-refractivity contribution in [3.63, 3.8) is 0 Å². The number of likely N-dealkylation sites (tertiary alicyclic amines) is 1. The summed E-state index contributed by atoms with van der Waals surface area (Å²) < 4.78 is 5.35. The predicted molar refractivity (Wildman–Crippen MR) is 104 cm³/mol. The van der Waals surface area contributed by atoms with Crippen LogP contribution in [0.15, 0.2) is 36.8 Å². The van der Waals surface area contributed by atoms with E-state index in [0.717, 1.165) is 61.0 Å². The number of nitrogens with zero attached hydrogens (tertiary/aromatic N) is 4. The third-order valence-electron chi connectivity index (χ3n) is 5.33. The van der Waals surface area contributed by atoms with Gasteiger partial charge in [0.25, 0.3) is 0 Å². The van der Waals surface area contributed by atoms with E-state index in [0.29, 0.717) is 12.0 Å². The molecule has 0 saturated carbocycles. The van der Waals surface area contributed by atoms with E-state index in [1.54, 1.807) is 6.20 Å². The molecule has 3 aromatic rings. The number of rotatable bonds is 4. The molecule has 0 spiro atoms. The Kier molecular flexibility index (Phi) is 4.26. The molecule has 7 heteroatoms. The van der Waals surface area contributed by atoms with Crippen molar-refractivity contribution in [2.75, 3.05) is 31.6 Å². The van der Waals surface area contributed by atoms with Crippen LogP contribution in [0.1, 0.15) is 13.3 Å². The fourth-order valence-electron chi connectivity index (χ4n) is 3.97. The molecule has 2 N–H and O–H groups in total. The summed E-state index contributed by atoms with van der Waals surface area (Å²) in [6.45, 7) is 5.97. The number of hydrogen-bond donors (Lipinski definition) is 2. The lowest BCUT2D eigenvalue weighted by Gasteiger charge is -2.43. The highest BCUT2D eigenvalue weighted by atomic mass is 16.5. The smallest absolute Gasteiger partial charge is 0.156 e. The van der Waals surface area contributed by atoms with Gasteiger partial charge in [-0.15, -0.1) is 0 Å². The molecular weight excluding hydrogens is 340 g/mol. The standard InChI is InChI=1S/C20H23N6O/c1-13-7-14(10-26(9-13)15-11-27-12-15)24-19-16(3-2-5-21-19)18-8-23-20-17(25-18)4-6-22-20/h2-6,8,13-14H,7,9-12H2,1H3,(H,21,24)(H,22,23)/t13-,14-/m0/s1. The summed E-state index contributed by atoms with van der Waals surface area (Å²) >= 11 is 0. The van der Waals surface area contributed by atoms with Crippen molar-refractivity contribution in [1.82, 2.24) is 24.8 Å². The minimum absolute atomic E-state index is 0.347. The van der Waals surface area contributed by atoms with Gasteiger partial charge in [0.2, 0.25) is 0 Å². The van der Waals surface area contributed by atoms with E-state index in [9.17, 15) is 0 Å². The number of nitrogens with one attached hydrogen (secondary N) is 2. The quantitative estimate of drug-likeness (QED) is 0.742. The molecule has 5 heterocycles. The number of aromatic amines is 1. The zero-order chi connectivity index (χ0) is 18.2. The SMILES string of the molecule is C[C@H]1C[C@H](Nc2ncccc2-c2cnc3[nH]ccc3n2)CN([C]2COC2)C1. The van der Waals surface area contributed by atoms with E-state index in [1.807, 2.05) is 24.5 Å². The molecule has 0 aromatic carbocycles. The van der Waals surface area contributed by atoms with Crippen LogP contribution < -0.4 is 5.32 Å². The van der Waals surface area contributed by atoms with Crippen molar-refractivity contribution in [2.24, 2.45) is 5.92 Å². The minimum Gasteiger partial charge on any atom is -0.377 e. The lowest BCUT2D eigenvalue weighted by Crippen LogP contribution is -2.52. The highest BCUT2D eigenvalue weighted by Gasteiger charge is 2.34. The largest absolute Gasteiger partial charge is 0.377 e. The predicted octanol–water partition coefficient (Wildman–Crippen LogP) is 2.70. The van der Waals surface area contributed by atoms with Gasteiger partial charge in [-0.05, 0) is 30.5 Å². The van der Waals surface area contributed by atoms with Crippen molar-refractivity contribution in [2.45, 2.75) is 19.4 Å². The second-order valence-electron chi connectivity index (χ2n) is 7.51. The van der Waals surface area contributed by atoms with Gasteiger partial charge in [-0.25, -0.2) is 15.0 Å². The molecule has 2 fully saturated rings. The summed E-state index contributed by atoms with van der Waals surface area (Å²) in [6.07, 6.45) is 6.62. The van der Waals surface area contributed by atoms with Crippen molar-refractivity contribution in [3.05, 3.63) is 42.8 Å². The molecule has 2 aliphatic heterocycles. The molecule has 2 atom stereocenters. The van der Waals surface area contributed by atoms with Crippen LogP contribution in [0.4, 0.5) is 5.82 Å². The van der Waals surface area contributed by atoms with Gasteiger partial charge in [0.15, 0.2) is 5.65 Å². The minimum atomic E-state index is 0.347. The van der Waals surface area contributed by atoms with E-state index in [1.165, 1.54) is 6.04 Å². The van der Waals surface area contributed by atoms with Crippen LogP contribution >= 0.6 is 0 Å². The second kappa shape index (κ2) is 6.90. The number of aromatic nitrogens is 4. The molecule has 1 radical (unpaired) electrons. The number of hydrogen-bond acceptors (Lipinski definition) is 6. The first kappa shape index (κ1) is 16.6. The first-order valence-electron chi connectivity index (χ1n) is 9.46. The monoisotopic (exact) mass is 363 g/mol. The van der Waals surface area contributed by atoms with Crippen LogP contribution in [0.2, 0.25) is 0 Å². The molecule has 0 bridgehead atoms. The summed E-state index contributed by atoms with van der Waals surface area (Å²) in [4.78, 5) is 19.4. The highest BCUT2D eigenvalue weighted by molar-refractivity contribution is 5.78. The Balaban J connectivity index is 1.40. The second-order valence-corrected chi connectivity index (χ2v) is 7.51. The fraction of sp³-hybridized carbons (Fsp3) is 0.400. The topological polar surface area (TPSA) is 79.0 Å². The third-order valence-corrected chi connectivity index (χ3v) is 5.33. The highest BCUT2D eigenvalue weighted by Crippen LogP contribution is 2.30. The number of piperidine rings is 1. The van der Waals surface area contributed by atoms with E-state index >= 15 is 0 Å². The summed E-state index contributed by atoms with van der Waals surface area (Å²) in [5, 5.41) is 3.67. The molecule has 0 unspecified atom stereocenters. The van der Waals surface area contributed by atoms with E-state index in [-0.39, 0.29) is 0 Å². The summed E-state index contributed by atoms with van der Waals surface area (Å²) in [5.41, 5.74) is 3.48. The van der Waals surface area contributed by atoms with Crippen molar-refractivity contribution < 1.29 is 4.74 Å². The number of fused-ring (bicyclic) bond motifs is 1. The number of pyridine rings is 1. The lowest BCUT2D eigenvalue weighted by atomic mass is 9.94. The average Bonchev–Trinajstić information content (AvgIpc) is 3.08. The zero-order valence-corrected chi connectivity index (χ0v) is 15.4. The van der Waals surface area contributed by atoms with Gasteiger partial charge in [-0.1, -0.05) is 6.92 Å². The lowest BCUT2D eigenvalue weighted by molar-refractivity contribution is -0.0120. The van der Waals surface area contributed by atoms with Crippen molar-refractivity contribution in [1.29, 1.82) is 0 Å². The fourth-order valence-corrected chi connectivity index (χ4v) is 3.97. The molecule has 0 aliphatic carbocycles. The van der Waals surface area contributed by atoms with Crippen LogP contribution in [-0.2, 0) is 4.74 Å². The van der Waals surface area contributed by atoms with Crippen molar-refractivity contribution in [3.8, 4) is 11.3 Å². The van der Waals surface area contributed by atoms with Gasteiger partial charge in [-0.3, -0.25) is 4.90 Å². The molecule has 0 amide bonds. The normalized spacial score (nSPS) is 24.0. The summed E-state index contributed by atoms with van der Waals surface area (Å²) in [6, 6.07) is 7.70. The Morgan fingerprint density at radius 2 is 2.15 bits per heavy atom. The molecule has 139 valence electrons. The number of anilines is 1. The molecule has 2 aliphatic rings. The Hall–Kier alpha value is -2.51. The van der Waals surface area contributed by atoms with Crippen LogP contribution in [0.5, 0.6) is 0 Å². The van der Waals surface area contributed by atoms with Crippen molar-refractivity contribution >= 4 is 17.0 Å². The van der Waals surface area contributed by atoms with E-state index in [4.69, 9.17) is 9.72 Å². The van der Waals surface area contributed by atoms with Gasteiger partial charge in [0, 0.05) is 37.1 Å². The maximum absolute atomic E-state index is 5.35. The molecule has 7 nitrogen and oxygen atoms in total. The van der Waals surface area contributed by atoms with Crippen LogP contribution in [0, 0.1) is 12.0 Å². The maximum atomic E-state index is 5.35. The molecule has 27 heavy (non-hydrogen) atoms. The Labute approximate surface area is 158 Å². The first-order chi connectivity index (χ1) is 13.3. The van der Waals surface area contributed by atoms with Gasteiger partial charge in [0.05, 0.1) is 31.1 Å². The van der Waals surface area contributed by atoms with E-state index in [2.05, 4.69) is 38.2 Å². The van der Waals surface area contributed by atoms with Crippen LogP contribution in [0.3, 0.4) is 0 Å². The van der Waals surface area contributed by atoms with Gasteiger partial charge in [0.1, 0.15) is 11.3 Å². The molecular formula is C20H23N6O. The Bertz CT molecular complexity index is 937. The number of H-pyrrole nitrogens is 1. The molecule has 5 rings (SSSR count). The van der Waals surface area contributed by atoms with Crippen LogP contribution in [0.25, 0.3) is 22.4 Å². The average molecular weight is 363 g/mol. The molecule has 3 aromatic heterocycles. The first-order valence-corrected chi connectivity index (χ1v) is 9.46. The van der Waals surface area contributed by atoms with Gasteiger partial charge >= 0.3 is 0 Å². The zero-order valence-electron chi connectivity index (χ0n) is 15.4. The number of ether oxygens (including phenoxy) is 1. The Morgan fingerprint density at radius 3 is 3.00 bits per heavy atom.